The van der Waals surface area contributed by atoms with Crippen molar-refractivity contribution < 1.29 is 9.53 Å². The zero-order valence-corrected chi connectivity index (χ0v) is 13.4. The lowest BCUT2D eigenvalue weighted by molar-refractivity contribution is 0.1000. The third-order valence-electron chi connectivity index (χ3n) is 3.11. The maximum absolute atomic E-state index is 11.2. The molecule has 0 aliphatic rings. The second-order valence-electron chi connectivity index (χ2n) is 4.82. The molecule has 122 valence electrons. The molecule has 6 nitrogen and oxygen atoms in total. The summed E-state index contributed by atoms with van der Waals surface area (Å²) in [6.07, 6.45) is 2.05. The van der Waals surface area contributed by atoms with Gasteiger partial charge in [-0.05, 0) is 37.5 Å². The topological polar surface area (TPSA) is 88.7 Å². The summed E-state index contributed by atoms with van der Waals surface area (Å²) in [5.41, 5.74) is 6.77. The highest BCUT2D eigenvalue weighted by molar-refractivity contribution is 5.92. The Morgan fingerprint density at radius 2 is 2.14 bits per heavy atom. The summed E-state index contributed by atoms with van der Waals surface area (Å²) in [5, 5.41) is 6.46. The van der Waals surface area contributed by atoms with E-state index < -0.39 is 5.91 Å². The average Bonchev–Trinajstić information content (AvgIpc) is 2.53. The van der Waals surface area contributed by atoms with E-state index in [1.54, 1.807) is 19.2 Å². The van der Waals surface area contributed by atoms with Crippen molar-refractivity contribution in [3.63, 3.8) is 0 Å². The number of carbonyl (C=O) groups excluding carboxylic acids is 1. The number of guanidine groups is 1. The Hall–Kier alpha value is -2.08. The minimum atomic E-state index is -0.418. The standard InChI is InChI=1S/C16H26N4O2/c1-3-22-10-5-4-9-19-16(18-2)20-12-13-7-6-8-14(11-13)15(17)21/h6-8,11H,3-5,9-10,12H2,1-2H3,(H2,17,21)(H2,18,19,20). The van der Waals surface area contributed by atoms with E-state index in [1.807, 2.05) is 19.1 Å². The third-order valence-corrected chi connectivity index (χ3v) is 3.11. The second-order valence-corrected chi connectivity index (χ2v) is 4.82. The zero-order valence-electron chi connectivity index (χ0n) is 13.4. The Bertz CT molecular complexity index is 489. The largest absolute Gasteiger partial charge is 0.382 e. The number of hydrogen-bond acceptors (Lipinski definition) is 3. The van der Waals surface area contributed by atoms with Crippen LogP contribution < -0.4 is 16.4 Å². The fourth-order valence-electron chi connectivity index (χ4n) is 1.92. The lowest BCUT2D eigenvalue weighted by Crippen LogP contribution is -2.37. The second kappa shape index (κ2) is 10.6. The normalized spacial score (nSPS) is 11.3. The predicted molar refractivity (Wildman–Crippen MR) is 88.9 cm³/mol. The van der Waals surface area contributed by atoms with E-state index in [0.717, 1.165) is 44.1 Å². The van der Waals surface area contributed by atoms with Crippen LogP contribution in [0.15, 0.2) is 29.3 Å². The van der Waals surface area contributed by atoms with Crippen molar-refractivity contribution in [1.29, 1.82) is 0 Å². The zero-order chi connectivity index (χ0) is 16.2. The quantitative estimate of drug-likeness (QED) is 0.364. The van der Waals surface area contributed by atoms with Gasteiger partial charge in [-0.3, -0.25) is 9.79 Å². The molecule has 0 radical (unpaired) electrons. The average molecular weight is 306 g/mol. The van der Waals surface area contributed by atoms with Gasteiger partial charge in [-0.2, -0.15) is 0 Å². The lowest BCUT2D eigenvalue weighted by Gasteiger charge is -2.12. The molecular weight excluding hydrogens is 280 g/mol. The Balaban J connectivity index is 2.32. The molecule has 0 aromatic heterocycles. The van der Waals surface area contributed by atoms with Gasteiger partial charge < -0.3 is 21.1 Å². The van der Waals surface area contributed by atoms with Gasteiger partial charge in [0, 0.05) is 38.9 Å². The molecule has 1 aromatic rings. The van der Waals surface area contributed by atoms with E-state index >= 15 is 0 Å². The van der Waals surface area contributed by atoms with E-state index in [1.165, 1.54) is 0 Å². The summed E-state index contributed by atoms with van der Waals surface area (Å²) in [7, 11) is 1.73. The summed E-state index contributed by atoms with van der Waals surface area (Å²) in [4.78, 5) is 15.3. The monoisotopic (exact) mass is 306 g/mol. The molecule has 0 bridgehead atoms. The Morgan fingerprint density at radius 1 is 1.32 bits per heavy atom. The van der Waals surface area contributed by atoms with Gasteiger partial charge in [-0.1, -0.05) is 12.1 Å². The molecule has 4 N–H and O–H groups in total. The van der Waals surface area contributed by atoms with Gasteiger partial charge >= 0.3 is 0 Å². The van der Waals surface area contributed by atoms with Crippen LogP contribution in [-0.2, 0) is 11.3 Å². The van der Waals surface area contributed by atoms with E-state index in [0.29, 0.717) is 12.1 Å². The van der Waals surface area contributed by atoms with Crippen molar-refractivity contribution in [3.8, 4) is 0 Å². The first kappa shape index (κ1) is 18.0. The van der Waals surface area contributed by atoms with E-state index in [4.69, 9.17) is 10.5 Å². The Labute approximate surface area is 132 Å². The van der Waals surface area contributed by atoms with Gasteiger partial charge in [-0.15, -0.1) is 0 Å². The fraction of sp³-hybridized carbons (Fsp3) is 0.500. The highest BCUT2D eigenvalue weighted by Crippen LogP contribution is 2.04. The van der Waals surface area contributed by atoms with Crippen LogP contribution in [0.2, 0.25) is 0 Å². The minimum absolute atomic E-state index is 0.418. The first-order chi connectivity index (χ1) is 10.7. The number of benzene rings is 1. The SMILES string of the molecule is CCOCCCCNC(=NC)NCc1cccc(C(N)=O)c1. The molecule has 0 aliphatic carbocycles. The molecule has 22 heavy (non-hydrogen) atoms. The number of hydrogen-bond donors (Lipinski definition) is 3. The number of nitrogens with zero attached hydrogens (tertiary/aromatic N) is 1. The van der Waals surface area contributed by atoms with E-state index in [-0.39, 0.29) is 0 Å². The smallest absolute Gasteiger partial charge is 0.248 e. The van der Waals surface area contributed by atoms with Crippen molar-refractivity contribution >= 4 is 11.9 Å². The van der Waals surface area contributed by atoms with Crippen LogP contribution in [0, 0.1) is 0 Å². The van der Waals surface area contributed by atoms with Gasteiger partial charge in [0.15, 0.2) is 5.96 Å². The minimum Gasteiger partial charge on any atom is -0.382 e. The lowest BCUT2D eigenvalue weighted by atomic mass is 10.1. The number of primary amides is 1. The number of nitrogens with two attached hydrogens (primary N) is 1. The third kappa shape index (κ3) is 7.08. The van der Waals surface area contributed by atoms with Gasteiger partial charge in [0.2, 0.25) is 5.91 Å². The molecule has 0 spiro atoms. The van der Waals surface area contributed by atoms with Crippen LogP contribution in [0.25, 0.3) is 0 Å². The number of unbranched alkanes of at least 4 members (excludes halogenated alkanes) is 1. The number of ether oxygens (including phenoxy) is 1. The van der Waals surface area contributed by atoms with Crippen LogP contribution in [0.3, 0.4) is 0 Å². The number of aliphatic imine (C=N–C) groups is 1. The molecular formula is C16H26N4O2. The van der Waals surface area contributed by atoms with Crippen LogP contribution in [0.1, 0.15) is 35.7 Å². The summed E-state index contributed by atoms with van der Waals surface area (Å²) in [6.45, 7) is 4.98. The molecule has 0 unspecified atom stereocenters. The number of amides is 1. The molecule has 0 saturated heterocycles. The molecule has 1 aromatic carbocycles. The number of carbonyl (C=O) groups is 1. The van der Waals surface area contributed by atoms with Crippen LogP contribution in [0.4, 0.5) is 0 Å². The predicted octanol–water partition coefficient (Wildman–Crippen LogP) is 1.27. The summed E-state index contributed by atoms with van der Waals surface area (Å²) in [6, 6.07) is 7.25. The molecule has 6 heteroatoms. The molecule has 1 rings (SSSR count). The van der Waals surface area contributed by atoms with Crippen LogP contribution in [0.5, 0.6) is 0 Å². The number of rotatable bonds is 9. The van der Waals surface area contributed by atoms with Crippen molar-refractivity contribution in [2.45, 2.75) is 26.3 Å². The molecule has 0 fully saturated rings. The molecule has 0 heterocycles. The first-order valence-electron chi connectivity index (χ1n) is 7.58. The Kier molecular flexibility index (Phi) is 8.67. The van der Waals surface area contributed by atoms with Crippen molar-refractivity contribution in [2.75, 3.05) is 26.8 Å². The van der Waals surface area contributed by atoms with Gasteiger partial charge in [0.25, 0.3) is 0 Å². The molecule has 1 amide bonds. The van der Waals surface area contributed by atoms with Crippen LogP contribution in [-0.4, -0.2) is 38.7 Å². The van der Waals surface area contributed by atoms with Crippen molar-refractivity contribution in [2.24, 2.45) is 10.7 Å². The van der Waals surface area contributed by atoms with Gasteiger partial charge in [0.1, 0.15) is 0 Å². The van der Waals surface area contributed by atoms with Crippen LogP contribution >= 0.6 is 0 Å². The number of nitrogens with one attached hydrogen (secondary N) is 2. The summed E-state index contributed by atoms with van der Waals surface area (Å²) in [5.74, 6) is 0.319. The molecule has 0 atom stereocenters. The van der Waals surface area contributed by atoms with Gasteiger partial charge in [-0.25, -0.2) is 0 Å². The summed E-state index contributed by atoms with van der Waals surface area (Å²) >= 11 is 0. The van der Waals surface area contributed by atoms with E-state index in [9.17, 15) is 4.79 Å². The molecule has 0 aliphatic heterocycles. The maximum Gasteiger partial charge on any atom is 0.248 e. The highest BCUT2D eigenvalue weighted by Gasteiger charge is 2.02. The van der Waals surface area contributed by atoms with Gasteiger partial charge in [0.05, 0.1) is 0 Å². The maximum atomic E-state index is 11.2. The fourth-order valence-corrected chi connectivity index (χ4v) is 1.92. The van der Waals surface area contributed by atoms with E-state index in [2.05, 4.69) is 15.6 Å². The van der Waals surface area contributed by atoms with Crippen molar-refractivity contribution in [3.05, 3.63) is 35.4 Å². The molecule has 0 saturated carbocycles. The summed E-state index contributed by atoms with van der Waals surface area (Å²) < 4.78 is 5.29. The first-order valence-corrected chi connectivity index (χ1v) is 7.58. The van der Waals surface area contributed by atoms with Crippen molar-refractivity contribution in [1.82, 2.24) is 10.6 Å². The highest BCUT2D eigenvalue weighted by atomic mass is 16.5. The Morgan fingerprint density at radius 3 is 2.82 bits per heavy atom.